The Labute approximate surface area is 123 Å². The van der Waals surface area contributed by atoms with Crippen molar-refractivity contribution >= 4 is 16.9 Å². The van der Waals surface area contributed by atoms with E-state index in [0.29, 0.717) is 0 Å². The summed E-state index contributed by atoms with van der Waals surface area (Å²) < 4.78 is 18.0. The van der Waals surface area contributed by atoms with E-state index in [0.717, 1.165) is 5.17 Å². The molecule has 6 nitrogen and oxygen atoms in total. The Balaban J connectivity index is 1.89. The second-order valence-electron chi connectivity index (χ2n) is 6.19. The quantitative estimate of drug-likeness (QED) is 0.767. The van der Waals surface area contributed by atoms with Crippen LogP contribution in [0.25, 0.3) is 0 Å². The summed E-state index contributed by atoms with van der Waals surface area (Å²) in [6, 6.07) is -0.0841. The first-order valence-corrected chi connectivity index (χ1v) is 7.77. The Kier molecular flexibility index (Phi) is 3.53. The molecule has 0 amide bonds. The third-order valence-corrected chi connectivity index (χ3v) is 5.04. The van der Waals surface area contributed by atoms with Crippen LogP contribution < -0.4 is 0 Å². The second-order valence-corrected chi connectivity index (χ2v) is 7.25. The normalized spacial score (nSPS) is 43.7. The average Bonchev–Trinajstić information content (AvgIpc) is 2.86. The van der Waals surface area contributed by atoms with Crippen molar-refractivity contribution in [1.29, 1.82) is 0 Å². The maximum absolute atomic E-state index is 9.97. The van der Waals surface area contributed by atoms with Gasteiger partial charge in [-0.3, -0.25) is 4.99 Å². The summed E-state index contributed by atoms with van der Waals surface area (Å²) in [7, 11) is 3.92. The van der Waals surface area contributed by atoms with Crippen molar-refractivity contribution in [3.63, 3.8) is 0 Å². The van der Waals surface area contributed by atoms with E-state index in [-0.39, 0.29) is 29.8 Å². The number of hydrogen-bond acceptors (Lipinski definition) is 7. The lowest BCUT2D eigenvalue weighted by molar-refractivity contribution is -0.168. The topological polar surface area (TPSA) is 63.5 Å². The van der Waals surface area contributed by atoms with Gasteiger partial charge in [0.05, 0.1) is 6.10 Å². The number of ether oxygens (including phenoxy) is 3. The van der Waals surface area contributed by atoms with Gasteiger partial charge in [-0.1, -0.05) is 11.8 Å². The van der Waals surface area contributed by atoms with Crippen molar-refractivity contribution in [2.24, 2.45) is 4.99 Å². The predicted molar refractivity (Wildman–Crippen MR) is 76.7 cm³/mol. The molecule has 0 aromatic carbocycles. The highest BCUT2D eigenvalue weighted by Gasteiger charge is 2.58. The van der Waals surface area contributed by atoms with Gasteiger partial charge in [-0.25, -0.2) is 0 Å². The lowest BCUT2D eigenvalue weighted by atomic mass is 9.95. The summed E-state index contributed by atoms with van der Waals surface area (Å²) in [5.74, 6) is -0.665. The summed E-state index contributed by atoms with van der Waals surface area (Å²) >= 11 is 1.58. The number of nitrogens with zero attached hydrogens (tertiary/aromatic N) is 2. The molecule has 0 bridgehead atoms. The fourth-order valence-electron chi connectivity index (χ4n) is 2.91. The Morgan fingerprint density at radius 3 is 2.55 bits per heavy atom. The van der Waals surface area contributed by atoms with Gasteiger partial charge in [-0.2, -0.15) is 0 Å². The van der Waals surface area contributed by atoms with Gasteiger partial charge >= 0.3 is 0 Å². The zero-order valence-corrected chi connectivity index (χ0v) is 13.3. The molecule has 2 fully saturated rings. The van der Waals surface area contributed by atoms with E-state index in [1.54, 1.807) is 18.7 Å². The summed E-state index contributed by atoms with van der Waals surface area (Å²) in [5, 5.41) is 10.9. The lowest BCUT2D eigenvalue weighted by Gasteiger charge is -2.38. The molecule has 0 spiro atoms. The Morgan fingerprint density at radius 2 is 1.95 bits per heavy atom. The molecule has 0 aliphatic carbocycles. The SMILES string of the molecule is CC(O)C1OC2SC(N(C)C)=NC2C2OC(C)(C)OC12. The Bertz CT molecular complexity index is 427. The molecular weight excluding hydrogens is 280 g/mol. The van der Waals surface area contributed by atoms with Gasteiger partial charge in [0.1, 0.15) is 29.8 Å². The fraction of sp³-hybridized carbons (Fsp3) is 0.923. The van der Waals surface area contributed by atoms with Crippen LogP contribution in [0.2, 0.25) is 0 Å². The molecule has 7 heteroatoms. The van der Waals surface area contributed by atoms with E-state index in [4.69, 9.17) is 19.2 Å². The molecule has 6 unspecified atom stereocenters. The first-order valence-electron chi connectivity index (χ1n) is 6.89. The molecule has 0 aromatic rings. The molecule has 3 aliphatic rings. The van der Waals surface area contributed by atoms with Crippen LogP contribution in [0.5, 0.6) is 0 Å². The number of aliphatic imine (C=N–C) groups is 1. The highest BCUT2D eigenvalue weighted by molar-refractivity contribution is 8.14. The van der Waals surface area contributed by atoms with Gasteiger partial charge in [-0.05, 0) is 20.8 Å². The standard InChI is InChI=1S/C13H22N2O4S/c1-6(16)8-10-9(18-13(2,3)19-10)7-11(17-8)20-12(14-7)15(4)5/h6-11,16H,1-5H3. The van der Waals surface area contributed by atoms with Gasteiger partial charge < -0.3 is 24.2 Å². The number of thioether (sulfide) groups is 1. The lowest BCUT2D eigenvalue weighted by Crippen LogP contribution is -2.56. The highest BCUT2D eigenvalue weighted by Crippen LogP contribution is 2.45. The first-order chi connectivity index (χ1) is 9.28. The molecule has 3 rings (SSSR count). The van der Waals surface area contributed by atoms with Crippen LogP contribution in [0.3, 0.4) is 0 Å². The summed E-state index contributed by atoms with van der Waals surface area (Å²) in [6.45, 7) is 5.50. The molecule has 20 heavy (non-hydrogen) atoms. The molecule has 3 aliphatic heterocycles. The maximum Gasteiger partial charge on any atom is 0.164 e. The number of fused-ring (bicyclic) bond motifs is 3. The monoisotopic (exact) mass is 302 g/mol. The largest absolute Gasteiger partial charge is 0.391 e. The van der Waals surface area contributed by atoms with Gasteiger partial charge in [0.15, 0.2) is 11.0 Å². The molecule has 2 saturated heterocycles. The van der Waals surface area contributed by atoms with E-state index >= 15 is 0 Å². The zero-order valence-electron chi connectivity index (χ0n) is 12.4. The van der Waals surface area contributed by atoms with Crippen LogP contribution in [0.15, 0.2) is 4.99 Å². The summed E-state index contributed by atoms with van der Waals surface area (Å²) in [4.78, 5) is 6.68. The summed E-state index contributed by atoms with van der Waals surface area (Å²) in [5.41, 5.74) is -0.120. The van der Waals surface area contributed by atoms with Crippen LogP contribution in [0.4, 0.5) is 0 Å². The third-order valence-electron chi connectivity index (χ3n) is 3.73. The van der Waals surface area contributed by atoms with Crippen molar-refractivity contribution in [3.05, 3.63) is 0 Å². The van der Waals surface area contributed by atoms with Crippen molar-refractivity contribution in [2.75, 3.05) is 14.1 Å². The third kappa shape index (κ3) is 2.35. The molecular formula is C13H22N2O4S. The Hall–Kier alpha value is -0.340. The first kappa shape index (κ1) is 14.6. The predicted octanol–water partition coefficient (Wildman–Crippen LogP) is 0.645. The van der Waals surface area contributed by atoms with E-state index < -0.39 is 11.9 Å². The van der Waals surface area contributed by atoms with Gasteiger partial charge in [0.25, 0.3) is 0 Å². The zero-order chi connectivity index (χ0) is 14.7. The minimum absolute atomic E-state index is 0.0841. The van der Waals surface area contributed by atoms with Crippen molar-refractivity contribution in [3.8, 4) is 0 Å². The average molecular weight is 302 g/mol. The highest BCUT2D eigenvalue weighted by atomic mass is 32.2. The Morgan fingerprint density at radius 1 is 1.30 bits per heavy atom. The summed E-state index contributed by atoms with van der Waals surface area (Å²) in [6.07, 6.45) is -1.44. The van der Waals surface area contributed by atoms with Crippen LogP contribution in [-0.2, 0) is 14.2 Å². The number of aliphatic hydroxyl groups excluding tert-OH is 1. The van der Waals surface area contributed by atoms with Crippen LogP contribution in [0, 0.1) is 0 Å². The van der Waals surface area contributed by atoms with Crippen LogP contribution >= 0.6 is 11.8 Å². The van der Waals surface area contributed by atoms with Crippen molar-refractivity contribution in [2.45, 2.75) is 62.5 Å². The minimum atomic E-state index is -0.665. The molecule has 114 valence electrons. The van der Waals surface area contributed by atoms with Crippen molar-refractivity contribution in [1.82, 2.24) is 4.90 Å². The number of rotatable bonds is 1. The van der Waals surface area contributed by atoms with Gasteiger partial charge in [0.2, 0.25) is 0 Å². The molecule has 6 atom stereocenters. The maximum atomic E-state index is 9.97. The fourth-order valence-corrected chi connectivity index (χ4v) is 4.05. The molecule has 0 aromatic heterocycles. The van der Waals surface area contributed by atoms with E-state index in [2.05, 4.69) is 0 Å². The van der Waals surface area contributed by atoms with E-state index in [1.165, 1.54) is 0 Å². The minimum Gasteiger partial charge on any atom is -0.391 e. The number of amidine groups is 1. The van der Waals surface area contributed by atoms with E-state index in [1.807, 2.05) is 32.8 Å². The van der Waals surface area contributed by atoms with Crippen LogP contribution in [-0.4, -0.2) is 71.0 Å². The number of aliphatic hydroxyl groups is 1. The van der Waals surface area contributed by atoms with E-state index in [9.17, 15) is 5.11 Å². The smallest absolute Gasteiger partial charge is 0.164 e. The number of hydrogen-bond donors (Lipinski definition) is 1. The van der Waals surface area contributed by atoms with Gasteiger partial charge in [0, 0.05) is 14.1 Å². The van der Waals surface area contributed by atoms with Crippen LogP contribution in [0.1, 0.15) is 20.8 Å². The van der Waals surface area contributed by atoms with Crippen molar-refractivity contribution < 1.29 is 19.3 Å². The molecule has 0 radical (unpaired) electrons. The second kappa shape index (κ2) is 4.84. The molecule has 3 heterocycles. The molecule has 1 N–H and O–H groups in total. The molecule has 0 saturated carbocycles. The van der Waals surface area contributed by atoms with Gasteiger partial charge in [-0.15, -0.1) is 0 Å².